The van der Waals surface area contributed by atoms with Crippen LogP contribution in [0.5, 0.6) is 11.5 Å². The van der Waals surface area contributed by atoms with Crippen LogP contribution in [0.15, 0.2) is 66.9 Å². The average molecular weight is 348 g/mol. The topological polar surface area (TPSA) is 63.4 Å². The molecule has 1 aliphatic heterocycles. The lowest BCUT2D eigenvalue weighted by molar-refractivity contribution is 0.0924. The summed E-state index contributed by atoms with van der Waals surface area (Å²) in [5.41, 5.74) is 2.61. The second kappa shape index (κ2) is 7.35. The summed E-state index contributed by atoms with van der Waals surface area (Å²) < 4.78 is 11.2. The van der Waals surface area contributed by atoms with Gasteiger partial charge in [-0.25, -0.2) is 0 Å². The number of ether oxygens (including phenoxy) is 2. The van der Waals surface area contributed by atoms with Crippen LogP contribution in [0.4, 0.5) is 0 Å². The van der Waals surface area contributed by atoms with Crippen LogP contribution in [-0.2, 0) is 6.42 Å². The number of aromatic amines is 1. The average Bonchev–Trinajstić information content (AvgIpc) is 3.22. The minimum Gasteiger partial charge on any atom is -0.486 e. The molecule has 1 aliphatic rings. The van der Waals surface area contributed by atoms with Crippen LogP contribution in [0.2, 0.25) is 0 Å². The molecule has 1 atom stereocenters. The molecule has 2 aromatic carbocycles. The molecule has 2 N–H and O–H groups in total. The van der Waals surface area contributed by atoms with E-state index >= 15 is 0 Å². The largest absolute Gasteiger partial charge is 0.486 e. The van der Waals surface area contributed by atoms with Gasteiger partial charge in [0.05, 0.1) is 11.6 Å². The Morgan fingerprint density at radius 1 is 1.00 bits per heavy atom. The molecule has 0 aliphatic carbocycles. The van der Waals surface area contributed by atoms with Crippen LogP contribution in [0, 0.1) is 0 Å². The summed E-state index contributed by atoms with van der Waals surface area (Å²) in [6.07, 6.45) is 2.56. The van der Waals surface area contributed by atoms with E-state index in [2.05, 4.69) is 22.4 Å². The molecule has 4 rings (SSSR count). The van der Waals surface area contributed by atoms with Crippen molar-refractivity contribution < 1.29 is 14.3 Å². The predicted molar refractivity (Wildman–Crippen MR) is 98.6 cm³/mol. The van der Waals surface area contributed by atoms with Gasteiger partial charge < -0.3 is 19.8 Å². The Labute approximate surface area is 152 Å². The summed E-state index contributed by atoms with van der Waals surface area (Å²) in [4.78, 5) is 16.2. The predicted octanol–water partition coefficient (Wildman–Crippen LogP) is 3.50. The second-order valence-corrected chi connectivity index (χ2v) is 6.17. The summed E-state index contributed by atoms with van der Waals surface area (Å²) >= 11 is 0. The highest BCUT2D eigenvalue weighted by Crippen LogP contribution is 2.34. The van der Waals surface area contributed by atoms with E-state index in [1.165, 1.54) is 0 Å². The van der Waals surface area contributed by atoms with Crippen LogP contribution in [-0.4, -0.2) is 24.1 Å². The molecule has 0 saturated heterocycles. The Bertz CT molecular complexity index is 876. The van der Waals surface area contributed by atoms with Gasteiger partial charge in [-0.2, -0.15) is 0 Å². The fraction of sp³-hybridized carbons (Fsp3) is 0.190. The lowest BCUT2D eigenvalue weighted by atomic mass is 10.0. The monoisotopic (exact) mass is 348 g/mol. The van der Waals surface area contributed by atoms with Gasteiger partial charge in [-0.1, -0.05) is 36.4 Å². The molecule has 2 heterocycles. The zero-order chi connectivity index (χ0) is 17.8. The second-order valence-electron chi connectivity index (χ2n) is 6.17. The van der Waals surface area contributed by atoms with Crippen molar-refractivity contribution in [2.24, 2.45) is 0 Å². The van der Waals surface area contributed by atoms with Gasteiger partial charge in [0.1, 0.15) is 13.2 Å². The SMILES string of the molecule is O=C(NC(Cc1ccccc1)c1ccc[nH]1)c1cccc2c1OCCO2. The number of nitrogens with one attached hydrogen (secondary N) is 2. The molecular formula is C21H20N2O3. The first-order valence-corrected chi connectivity index (χ1v) is 8.68. The van der Waals surface area contributed by atoms with Crippen LogP contribution in [0.1, 0.15) is 27.7 Å². The number of fused-ring (bicyclic) bond motifs is 1. The fourth-order valence-electron chi connectivity index (χ4n) is 3.14. The number of carbonyl (C=O) groups is 1. The minimum atomic E-state index is -0.178. The molecule has 1 amide bonds. The molecule has 0 radical (unpaired) electrons. The minimum absolute atomic E-state index is 0.166. The zero-order valence-corrected chi connectivity index (χ0v) is 14.3. The number of aromatic nitrogens is 1. The van der Waals surface area contributed by atoms with E-state index in [0.29, 0.717) is 36.7 Å². The van der Waals surface area contributed by atoms with E-state index in [4.69, 9.17) is 9.47 Å². The lowest BCUT2D eigenvalue weighted by Gasteiger charge is -2.22. The van der Waals surface area contributed by atoms with E-state index in [-0.39, 0.29) is 11.9 Å². The molecule has 3 aromatic rings. The highest BCUT2D eigenvalue weighted by molar-refractivity contribution is 5.98. The molecule has 1 aromatic heterocycles. The molecule has 5 nitrogen and oxygen atoms in total. The Balaban J connectivity index is 1.59. The van der Waals surface area contributed by atoms with Gasteiger partial charge in [0.25, 0.3) is 5.91 Å². The van der Waals surface area contributed by atoms with Crippen molar-refractivity contribution in [2.75, 3.05) is 13.2 Å². The van der Waals surface area contributed by atoms with Gasteiger partial charge in [-0.05, 0) is 36.2 Å². The Morgan fingerprint density at radius 2 is 1.85 bits per heavy atom. The summed E-state index contributed by atoms with van der Waals surface area (Å²) in [7, 11) is 0. The number of carbonyl (C=O) groups excluding carboxylic acids is 1. The Morgan fingerprint density at radius 3 is 2.65 bits per heavy atom. The maximum absolute atomic E-state index is 13.0. The Kier molecular flexibility index (Phi) is 4.60. The summed E-state index contributed by atoms with van der Waals surface area (Å²) in [6, 6.07) is 19.2. The molecule has 0 fully saturated rings. The quantitative estimate of drug-likeness (QED) is 0.742. The van der Waals surface area contributed by atoms with Gasteiger partial charge >= 0.3 is 0 Å². The highest BCUT2D eigenvalue weighted by Gasteiger charge is 2.23. The van der Waals surface area contributed by atoms with Crippen molar-refractivity contribution in [2.45, 2.75) is 12.5 Å². The lowest BCUT2D eigenvalue weighted by Crippen LogP contribution is -2.31. The molecular weight excluding hydrogens is 328 g/mol. The first-order chi connectivity index (χ1) is 12.8. The third-order valence-corrected chi connectivity index (χ3v) is 4.40. The van der Waals surface area contributed by atoms with Gasteiger partial charge in [0.15, 0.2) is 11.5 Å². The number of rotatable bonds is 5. The summed E-state index contributed by atoms with van der Waals surface area (Å²) in [5, 5.41) is 3.13. The van der Waals surface area contributed by atoms with Crippen LogP contribution < -0.4 is 14.8 Å². The van der Waals surface area contributed by atoms with E-state index < -0.39 is 0 Å². The first-order valence-electron chi connectivity index (χ1n) is 8.68. The van der Waals surface area contributed by atoms with Crippen molar-refractivity contribution in [1.29, 1.82) is 0 Å². The number of hydrogen-bond acceptors (Lipinski definition) is 3. The third kappa shape index (κ3) is 3.42. The van der Waals surface area contributed by atoms with Crippen LogP contribution in [0.25, 0.3) is 0 Å². The maximum atomic E-state index is 13.0. The van der Waals surface area contributed by atoms with Gasteiger partial charge in [0, 0.05) is 11.9 Å². The van der Waals surface area contributed by atoms with Crippen LogP contribution >= 0.6 is 0 Å². The molecule has 1 unspecified atom stereocenters. The normalized spacial score (nSPS) is 13.8. The van der Waals surface area contributed by atoms with E-state index in [1.807, 2.05) is 48.7 Å². The number of amides is 1. The number of H-pyrrole nitrogens is 1. The van der Waals surface area contributed by atoms with Crippen molar-refractivity contribution in [3.8, 4) is 11.5 Å². The van der Waals surface area contributed by atoms with Crippen molar-refractivity contribution in [1.82, 2.24) is 10.3 Å². The van der Waals surface area contributed by atoms with Crippen molar-refractivity contribution >= 4 is 5.91 Å². The summed E-state index contributed by atoms with van der Waals surface area (Å²) in [5.74, 6) is 0.951. The molecule has 26 heavy (non-hydrogen) atoms. The molecule has 0 bridgehead atoms. The van der Waals surface area contributed by atoms with E-state index in [9.17, 15) is 4.79 Å². The third-order valence-electron chi connectivity index (χ3n) is 4.40. The molecule has 0 spiro atoms. The molecule has 5 heteroatoms. The van der Waals surface area contributed by atoms with Gasteiger partial charge in [-0.3, -0.25) is 4.79 Å². The fourth-order valence-corrected chi connectivity index (χ4v) is 3.14. The smallest absolute Gasteiger partial charge is 0.255 e. The Hall–Kier alpha value is -3.21. The van der Waals surface area contributed by atoms with Crippen molar-refractivity contribution in [3.63, 3.8) is 0 Å². The highest BCUT2D eigenvalue weighted by atomic mass is 16.6. The van der Waals surface area contributed by atoms with Crippen molar-refractivity contribution in [3.05, 3.63) is 83.7 Å². The number of hydrogen-bond donors (Lipinski definition) is 2. The van der Waals surface area contributed by atoms with Crippen LogP contribution in [0.3, 0.4) is 0 Å². The van der Waals surface area contributed by atoms with Gasteiger partial charge in [-0.15, -0.1) is 0 Å². The van der Waals surface area contributed by atoms with Gasteiger partial charge in [0.2, 0.25) is 0 Å². The summed E-state index contributed by atoms with van der Waals surface area (Å²) in [6.45, 7) is 0.943. The zero-order valence-electron chi connectivity index (χ0n) is 14.3. The van der Waals surface area contributed by atoms with E-state index in [1.54, 1.807) is 6.07 Å². The van der Waals surface area contributed by atoms with E-state index in [0.717, 1.165) is 11.3 Å². The standard InChI is InChI=1S/C21H20N2O3/c24-21(16-8-4-10-19-20(16)26-13-12-25-19)23-18(17-9-5-11-22-17)14-15-6-2-1-3-7-15/h1-11,18,22H,12-14H2,(H,23,24). The maximum Gasteiger partial charge on any atom is 0.255 e. The molecule has 0 saturated carbocycles. The first kappa shape index (κ1) is 16.3. The number of benzene rings is 2. The number of para-hydroxylation sites is 1. The molecule has 132 valence electrons.